The Kier molecular flexibility index (Phi) is 13.7. The fraction of sp³-hybridized carbons (Fsp3) is 0.354. The number of benzene rings is 5. The summed E-state index contributed by atoms with van der Waals surface area (Å²) in [5, 5.41) is 7.00. The van der Waals surface area contributed by atoms with Gasteiger partial charge in [-0.3, -0.25) is 4.79 Å². The third-order valence-corrected chi connectivity index (χ3v) is 10.9. The fourth-order valence-corrected chi connectivity index (χ4v) is 8.01. The maximum Gasteiger partial charge on any atom is 0.422 e. The molecule has 6 rings (SSSR count). The van der Waals surface area contributed by atoms with Gasteiger partial charge in [0.2, 0.25) is 0 Å². The van der Waals surface area contributed by atoms with Crippen molar-refractivity contribution in [2.75, 3.05) is 13.2 Å². The highest BCUT2D eigenvalue weighted by Gasteiger charge is 2.42. The second-order valence-electron chi connectivity index (χ2n) is 15.7. The van der Waals surface area contributed by atoms with Crippen molar-refractivity contribution in [1.82, 2.24) is 4.57 Å². The van der Waals surface area contributed by atoms with Crippen LogP contribution in [0.1, 0.15) is 90.2 Å². The van der Waals surface area contributed by atoms with Crippen molar-refractivity contribution < 1.29 is 54.6 Å². The minimum Gasteiger partial charge on any atom is -0.487 e. The van der Waals surface area contributed by atoms with E-state index in [-0.39, 0.29) is 22.6 Å². The smallest absolute Gasteiger partial charge is 0.422 e. The second-order valence-corrected chi connectivity index (χ2v) is 15.7. The minimum absolute atomic E-state index is 0.163. The molecular formula is C48H47F7N2O5. The summed E-state index contributed by atoms with van der Waals surface area (Å²) in [6.07, 6.45) is -4.98. The Bertz CT molecular complexity index is 2640. The van der Waals surface area contributed by atoms with Crippen LogP contribution in [-0.2, 0) is 16.2 Å². The van der Waals surface area contributed by atoms with Gasteiger partial charge < -0.3 is 18.9 Å². The van der Waals surface area contributed by atoms with Gasteiger partial charge in [0.15, 0.2) is 19.0 Å². The molecule has 7 nitrogen and oxygen atoms in total. The summed E-state index contributed by atoms with van der Waals surface area (Å²) < 4.78 is 106. The first kappa shape index (κ1) is 45.6. The van der Waals surface area contributed by atoms with E-state index in [1.807, 2.05) is 69.3 Å². The summed E-state index contributed by atoms with van der Waals surface area (Å²) in [7, 11) is 0. The molecule has 0 saturated carbocycles. The molecule has 0 aliphatic heterocycles. The molecule has 0 N–H and O–H groups in total. The third kappa shape index (κ3) is 9.90. The number of rotatable bonds is 17. The van der Waals surface area contributed by atoms with Gasteiger partial charge in [-0.1, -0.05) is 86.3 Å². The van der Waals surface area contributed by atoms with Crippen molar-refractivity contribution in [3.63, 3.8) is 0 Å². The Morgan fingerprint density at radius 1 is 0.774 bits per heavy atom. The number of aryl methyl sites for hydroxylation is 3. The maximum absolute atomic E-state index is 14.7. The average Bonchev–Trinajstić information content (AvgIpc) is 3.52. The number of ketones is 1. The van der Waals surface area contributed by atoms with E-state index in [1.165, 1.54) is 0 Å². The lowest BCUT2D eigenvalue weighted by Gasteiger charge is -2.19. The van der Waals surface area contributed by atoms with Gasteiger partial charge in [0.05, 0.1) is 5.52 Å². The van der Waals surface area contributed by atoms with Crippen LogP contribution in [0.5, 0.6) is 11.5 Å². The Morgan fingerprint density at radius 2 is 1.47 bits per heavy atom. The lowest BCUT2D eigenvalue weighted by atomic mass is 9.89. The quantitative estimate of drug-likeness (QED) is 0.0300. The topological polar surface area (TPSA) is 79.1 Å². The van der Waals surface area contributed by atoms with Crippen molar-refractivity contribution in [3.8, 4) is 11.5 Å². The predicted molar refractivity (Wildman–Crippen MR) is 226 cm³/mol. The van der Waals surface area contributed by atoms with Gasteiger partial charge in [0.25, 0.3) is 0 Å². The van der Waals surface area contributed by atoms with Crippen molar-refractivity contribution in [3.05, 3.63) is 118 Å². The number of hydrogen-bond acceptors (Lipinski definition) is 6. The molecule has 0 spiro atoms. The number of fused-ring (bicyclic) bond motifs is 5. The number of unbranched alkanes of at least 4 members (excludes halogenated alkanes) is 1. The Hall–Kier alpha value is -5.92. The molecule has 0 radical (unpaired) electrons. The summed E-state index contributed by atoms with van der Waals surface area (Å²) in [6.45, 7) is 8.17. The molecule has 328 valence electrons. The van der Waals surface area contributed by atoms with Crippen LogP contribution in [-0.4, -0.2) is 53.8 Å². The molecule has 14 heteroatoms. The number of aromatic nitrogens is 1. The van der Waals surface area contributed by atoms with Crippen LogP contribution in [0, 0.1) is 26.7 Å². The third-order valence-electron chi connectivity index (χ3n) is 10.9. The Morgan fingerprint density at radius 3 is 2.10 bits per heavy atom. The van der Waals surface area contributed by atoms with Gasteiger partial charge in [0.1, 0.15) is 17.2 Å². The summed E-state index contributed by atoms with van der Waals surface area (Å²) >= 11 is 0. The summed E-state index contributed by atoms with van der Waals surface area (Å²) in [5.41, 5.74) is 5.30. The number of halogens is 7. The molecular weight excluding hydrogens is 818 g/mol. The molecule has 62 heavy (non-hydrogen) atoms. The van der Waals surface area contributed by atoms with Crippen LogP contribution in [0.15, 0.2) is 84.0 Å². The van der Waals surface area contributed by atoms with E-state index < -0.39 is 49.2 Å². The molecule has 1 atom stereocenters. The molecule has 0 aliphatic rings. The van der Waals surface area contributed by atoms with E-state index in [0.717, 1.165) is 89.3 Å². The maximum atomic E-state index is 14.7. The van der Waals surface area contributed by atoms with E-state index >= 15 is 0 Å². The number of carbonyl (C=O) groups is 2. The van der Waals surface area contributed by atoms with E-state index in [2.05, 4.69) is 23.6 Å². The minimum atomic E-state index is -4.86. The highest BCUT2D eigenvalue weighted by Crippen LogP contribution is 2.40. The summed E-state index contributed by atoms with van der Waals surface area (Å²) in [5.74, 6) is -6.35. The van der Waals surface area contributed by atoms with Crippen LogP contribution >= 0.6 is 0 Å². The molecule has 1 heterocycles. The predicted octanol–water partition coefficient (Wildman–Crippen LogP) is 12.9. The standard InChI is InChI=1S/C48H47F7N2O5/c1-7-9-12-31(8-2)24-57-40-18-15-32(43(56-62-30(6)58)36-17-16-33(60-25-47(51,52)46(49)50)22-41(36)61-26-48(53,54)55)21-37(40)38-23-39(34-13-10-11-14-35(34)44(38)57)45(59)42-28(4)19-27(3)20-29(42)5/h10-11,13-23,31,46H,7-9,12,24-26H2,1-6H3/b56-43+. The van der Waals surface area contributed by atoms with Gasteiger partial charge in [-0.25, -0.2) is 13.6 Å². The van der Waals surface area contributed by atoms with Crippen LogP contribution in [0.3, 0.4) is 0 Å². The first-order chi connectivity index (χ1) is 29.3. The molecule has 1 unspecified atom stereocenters. The van der Waals surface area contributed by atoms with Gasteiger partial charge in [-0.2, -0.15) is 22.0 Å². The molecule has 0 fully saturated rings. The monoisotopic (exact) mass is 864 g/mol. The lowest BCUT2D eigenvalue weighted by Crippen LogP contribution is -2.33. The number of oxime groups is 1. The van der Waals surface area contributed by atoms with Crippen LogP contribution in [0.4, 0.5) is 30.7 Å². The van der Waals surface area contributed by atoms with Crippen molar-refractivity contribution in [2.24, 2.45) is 11.1 Å². The Balaban J connectivity index is 1.62. The zero-order valence-electron chi connectivity index (χ0n) is 35.2. The molecule has 0 bridgehead atoms. The average molecular weight is 865 g/mol. The number of alkyl halides is 7. The summed E-state index contributed by atoms with van der Waals surface area (Å²) in [4.78, 5) is 31.9. The molecule has 0 amide bonds. The van der Waals surface area contributed by atoms with Crippen molar-refractivity contribution in [2.45, 2.75) is 92.3 Å². The number of nitrogens with zero attached hydrogens (tertiary/aromatic N) is 2. The van der Waals surface area contributed by atoms with Gasteiger partial charge in [0, 0.05) is 63.5 Å². The zero-order chi connectivity index (χ0) is 45.1. The van der Waals surface area contributed by atoms with Gasteiger partial charge in [-0.15, -0.1) is 0 Å². The Labute approximate surface area is 354 Å². The lowest BCUT2D eigenvalue weighted by molar-refractivity contribution is -0.153. The van der Waals surface area contributed by atoms with Crippen molar-refractivity contribution in [1.29, 1.82) is 0 Å². The highest BCUT2D eigenvalue weighted by molar-refractivity contribution is 6.27. The van der Waals surface area contributed by atoms with Gasteiger partial charge >= 0.3 is 24.5 Å². The van der Waals surface area contributed by atoms with Gasteiger partial charge in [-0.05, 0) is 80.0 Å². The zero-order valence-corrected chi connectivity index (χ0v) is 35.2. The second kappa shape index (κ2) is 18.6. The summed E-state index contributed by atoms with van der Waals surface area (Å²) in [6, 6.07) is 21.8. The van der Waals surface area contributed by atoms with E-state index in [1.54, 1.807) is 12.1 Å². The fourth-order valence-electron chi connectivity index (χ4n) is 8.01. The van der Waals surface area contributed by atoms with E-state index in [9.17, 15) is 40.3 Å². The molecule has 1 aromatic heterocycles. The normalized spacial score (nSPS) is 13.0. The molecule has 0 saturated heterocycles. The number of ether oxygens (including phenoxy) is 2. The molecule has 6 aromatic rings. The van der Waals surface area contributed by atoms with Crippen LogP contribution in [0.2, 0.25) is 0 Å². The SMILES string of the molecule is CCCCC(CC)Cn1c2ccc(/C(=N\OC(C)=O)c3ccc(OCC(F)(F)C(F)F)cc3OCC(F)(F)F)cc2c2cc(C(=O)c3c(C)cc(C)cc3C)c3ccccc3c21. The van der Waals surface area contributed by atoms with Crippen LogP contribution < -0.4 is 9.47 Å². The first-order valence-corrected chi connectivity index (χ1v) is 20.3. The molecule has 0 aliphatic carbocycles. The number of hydrogen-bond donors (Lipinski definition) is 0. The van der Waals surface area contributed by atoms with E-state index in [0.29, 0.717) is 34.4 Å². The van der Waals surface area contributed by atoms with Crippen molar-refractivity contribution >= 4 is 50.0 Å². The first-order valence-electron chi connectivity index (χ1n) is 20.3. The van der Waals surface area contributed by atoms with Crippen LogP contribution in [0.25, 0.3) is 32.6 Å². The van der Waals surface area contributed by atoms with E-state index in [4.69, 9.17) is 14.3 Å². The largest absolute Gasteiger partial charge is 0.487 e. The number of carbonyl (C=O) groups excluding carboxylic acids is 2. The highest BCUT2D eigenvalue weighted by atomic mass is 19.4. The molecule has 5 aromatic carbocycles.